The van der Waals surface area contributed by atoms with Crippen LogP contribution in [0.15, 0.2) is 66.7 Å². The van der Waals surface area contributed by atoms with Crippen LogP contribution in [0.2, 0.25) is 0 Å². The van der Waals surface area contributed by atoms with Gasteiger partial charge in [-0.15, -0.1) is 0 Å². The van der Waals surface area contributed by atoms with E-state index >= 15 is 0 Å². The molecule has 0 spiro atoms. The predicted molar refractivity (Wildman–Crippen MR) is 148 cm³/mol. The van der Waals surface area contributed by atoms with E-state index in [9.17, 15) is 13.2 Å². The Bertz CT molecular complexity index is 1370. The molecule has 1 heterocycles. The van der Waals surface area contributed by atoms with Crippen molar-refractivity contribution in [3.05, 3.63) is 77.9 Å². The van der Waals surface area contributed by atoms with Crippen LogP contribution in [0.3, 0.4) is 0 Å². The summed E-state index contributed by atoms with van der Waals surface area (Å²) in [5.41, 5.74) is 2.23. The van der Waals surface area contributed by atoms with E-state index in [1.54, 1.807) is 24.1 Å². The van der Waals surface area contributed by atoms with E-state index in [4.69, 9.17) is 14.2 Å². The van der Waals surface area contributed by atoms with Crippen molar-refractivity contribution in [3.8, 4) is 17.2 Å². The Morgan fingerprint density at radius 2 is 1.39 bits per heavy atom. The quantitative estimate of drug-likeness (QED) is 0.410. The van der Waals surface area contributed by atoms with E-state index in [-0.39, 0.29) is 23.7 Å². The van der Waals surface area contributed by atoms with Crippen LogP contribution in [0.25, 0.3) is 0 Å². The molecule has 0 radical (unpaired) electrons. The Morgan fingerprint density at radius 3 is 2.00 bits per heavy atom. The molecule has 1 amide bonds. The molecule has 38 heavy (non-hydrogen) atoms. The van der Waals surface area contributed by atoms with Crippen LogP contribution < -0.4 is 23.4 Å². The van der Waals surface area contributed by atoms with Gasteiger partial charge in [-0.25, -0.2) is 8.42 Å². The topological polar surface area (TPSA) is 88.6 Å². The van der Waals surface area contributed by atoms with E-state index < -0.39 is 10.0 Å². The van der Waals surface area contributed by atoms with E-state index in [1.807, 2.05) is 54.6 Å². The number of ether oxygens (including phenoxy) is 3. The molecular formula is C28H33N3O6S. The second-order valence-corrected chi connectivity index (χ2v) is 10.8. The highest BCUT2D eigenvalue weighted by molar-refractivity contribution is 7.92. The minimum Gasteiger partial charge on any atom is -0.495 e. The standard InChI is InChI=1S/C28H33N3O6S/c1-35-25-13-9-8-12-23(25)29-14-16-30(17-15-29)28(32)22-18-26(36-2)27(37-3)19-24(22)31(38(4,33)34)20-21-10-6-5-7-11-21/h5-13,18-19H,14-17,20H2,1-4H3. The van der Waals surface area contributed by atoms with Gasteiger partial charge < -0.3 is 24.0 Å². The van der Waals surface area contributed by atoms with E-state index in [0.717, 1.165) is 23.3 Å². The highest BCUT2D eigenvalue weighted by Crippen LogP contribution is 2.38. The number of piperazine rings is 1. The molecule has 3 aromatic rings. The van der Waals surface area contributed by atoms with Crippen molar-refractivity contribution >= 4 is 27.3 Å². The molecule has 0 N–H and O–H groups in total. The zero-order valence-electron chi connectivity index (χ0n) is 22.1. The lowest BCUT2D eigenvalue weighted by atomic mass is 10.1. The van der Waals surface area contributed by atoms with Crippen LogP contribution in [0.5, 0.6) is 17.2 Å². The number of carbonyl (C=O) groups excluding carboxylic acids is 1. The first-order valence-corrected chi connectivity index (χ1v) is 14.1. The molecule has 1 aliphatic rings. The maximum absolute atomic E-state index is 13.9. The molecule has 0 aromatic heterocycles. The zero-order valence-corrected chi connectivity index (χ0v) is 22.9. The summed E-state index contributed by atoms with van der Waals surface area (Å²) < 4.78 is 43.7. The van der Waals surface area contributed by atoms with Crippen LogP contribution in [0.4, 0.5) is 11.4 Å². The first-order chi connectivity index (χ1) is 18.3. The Balaban J connectivity index is 1.68. The summed E-state index contributed by atoms with van der Waals surface area (Å²) in [4.78, 5) is 17.8. The smallest absolute Gasteiger partial charge is 0.256 e. The average Bonchev–Trinajstić information content (AvgIpc) is 2.95. The largest absolute Gasteiger partial charge is 0.495 e. The third-order valence-corrected chi connectivity index (χ3v) is 7.69. The summed E-state index contributed by atoms with van der Waals surface area (Å²) in [6.07, 6.45) is 1.13. The number of hydrogen-bond donors (Lipinski definition) is 0. The molecule has 0 bridgehead atoms. The zero-order chi connectivity index (χ0) is 27.3. The van der Waals surface area contributed by atoms with Gasteiger partial charge in [-0.05, 0) is 23.8 Å². The average molecular weight is 540 g/mol. The molecule has 0 unspecified atom stereocenters. The first-order valence-electron chi connectivity index (χ1n) is 12.2. The highest BCUT2D eigenvalue weighted by atomic mass is 32.2. The van der Waals surface area contributed by atoms with Gasteiger partial charge in [0.15, 0.2) is 11.5 Å². The summed E-state index contributed by atoms with van der Waals surface area (Å²) >= 11 is 0. The van der Waals surface area contributed by atoms with Gasteiger partial charge in [0.1, 0.15) is 5.75 Å². The molecule has 1 fully saturated rings. The summed E-state index contributed by atoms with van der Waals surface area (Å²) in [6.45, 7) is 2.20. The molecular weight excluding hydrogens is 506 g/mol. The number of amides is 1. The van der Waals surface area contributed by atoms with E-state index in [0.29, 0.717) is 37.7 Å². The number of sulfonamides is 1. The summed E-state index contributed by atoms with van der Waals surface area (Å²) in [5.74, 6) is 1.18. The molecule has 0 aliphatic carbocycles. The first kappa shape index (κ1) is 27.1. The Morgan fingerprint density at radius 1 is 0.816 bits per heavy atom. The third-order valence-electron chi connectivity index (χ3n) is 6.56. The van der Waals surface area contributed by atoms with E-state index in [1.165, 1.54) is 18.5 Å². The molecule has 10 heteroatoms. The van der Waals surface area contributed by atoms with Gasteiger partial charge in [0, 0.05) is 32.2 Å². The molecule has 1 saturated heterocycles. The van der Waals surface area contributed by atoms with Gasteiger partial charge in [0.05, 0.1) is 51.1 Å². The van der Waals surface area contributed by atoms with Crippen molar-refractivity contribution in [2.45, 2.75) is 6.54 Å². The molecule has 202 valence electrons. The lowest BCUT2D eigenvalue weighted by Crippen LogP contribution is -2.49. The number of hydrogen-bond acceptors (Lipinski definition) is 7. The van der Waals surface area contributed by atoms with Crippen LogP contribution in [0, 0.1) is 0 Å². The lowest BCUT2D eigenvalue weighted by Gasteiger charge is -2.37. The number of rotatable bonds is 9. The third kappa shape index (κ3) is 5.80. The highest BCUT2D eigenvalue weighted by Gasteiger charge is 2.30. The Hall–Kier alpha value is -3.92. The van der Waals surface area contributed by atoms with Gasteiger partial charge >= 0.3 is 0 Å². The fraction of sp³-hybridized carbons (Fsp3) is 0.321. The van der Waals surface area contributed by atoms with Crippen LogP contribution in [0.1, 0.15) is 15.9 Å². The molecule has 1 aliphatic heterocycles. The van der Waals surface area contributed by atoms with Gasteiger partial charge in [0.2, 0.25) is 10.0 Å². The molecule has 3 aromatic carbocycles. The maximum Gasteiger partial charge on any atom is 0.256 e. The van der Waals surface area contributed by atoms with Crippen LogP contribution in [-0.2, 0) is 16.6 Å². The van der Waals surface area contributed by atoms with Gasteiger partial charge in [-0.2, -0.15) is 0 Å². The van der Waals surface area contributed by atoms with Crippen molar-refractivity contribution in [3.63, 3.8) is 0 Å². The second kappa shape index (κ2) is 11.6. The number of para-hydroxylation sites is 2. The fourth-order valence-corrected chi connectivity index (χ4v) is 5.48. The van der Waals surface area contributed by atoms with Gasteiger partial charge in [-0.3, -0.25) is 9.10 Å². The molecule has 0 saturated carbocycles. The SMILES string of the molecule is COc1cc(C(=O)N2CCN(c3ccccc3OC)CC2)c(N(Cc2ccccc2)S(C)(=O)=O)cc1OC. The predicted octanol–water partition coefficient (Wildman–Crippen LogP) is 3.64. The monoisotopic (exact) mass is 539 g/mol. The van der Waals surface area contributed by atoms with Gasteiger partial charge in [0.25, 0.3) is 5.91 Å². The van der Waals surface area contributed by atoms with E-state index in [2.05, 4.69) is 4.90 Å². The minimum atomic E-state index is -3.76. The second-order valence-electron chi connectivity index (χ2n) is 8.93. The maximum atomic E-state index is 13.9. The lowest BCUT2D eigenvalue weighted by molar-refractivity contribution is 0.0747. The van der Waals surface area contributed by atoms with Crippen molar-refractivity contribution in [1.29, 1.82) is 0 Å². The molecule has 9 nitrogen and oxygen atoms in total. The number of anilines is 2. The normalized spacial score (nSPS) is 13.7. The number of benzene rings is 3. The number of methoxy groups -OCH3 is 3. The summed E-state index contributed by atoms with van der Waals surface area (Å²) in [7, 11) is 0.840. The Labute approximate surface area is 224 Å². The molecule has 4 rings (SSSR count). The van der Waals surface area contributed by atoms with Crippen molar-refractivity contribution in [1.82, 2.24) is 4.90 Å². The van der Waals surface area contributed by atoms with Crippen molar-refractivity contribution < 1.29 is 27.4 Å². The molecule has 0 atom stereocenters. The summed E-state index contributed by atoms with van der Waals surface area (Å²) in [6, 6.07) is 20.1. The fourth-order valence-electron chi connectivity index (χ4n) is 4.59. The van der Waals surface area contributed by atoms with Crippen molar-refractivity contribution in [2.24, 2.45) is 0 Å². The van der Waals surface area contributed by atoms with Crippen molar-refractivity contribution in [2.75, 3.05) is 63.0 Å². The minimum absolute atomic E-state index is 0.0665. The number of carbonyl (C=O) groups is 1. The number of nitrogens with zero attached hydrogens (tertiary/aromatic N) is 3. The van der Waals surface area contributed by atoms with Crippen LogP contribution >= 0.6 is 0 Å². The summed E-state index contributed by atoms with van der Waals surface area (Å²) in [5, 5.41) is 0. The van der Waals surface area contributed by atoms with Gasteiger partial charge in [-0.1, -0.05) is 42.5 Å². The van der Waals surface area contributed by atoms with Crippen LogP contribution in [-0.4, -0.2) is 73.0 Å². The Kier molecular flexibility index (Phi) is 8.31.